The number of hydrogen-bond donors (Lipinski definition) is 5. The Morgan fingerprint density at radius 3 is 0.613 bits per heavy atom. The molecule has 9 atom stereocenters. The van der Waals surface area contributed by atoms with Crippen molar-refractivity contribution < 1.29 is 25.5 Å². The molecular formula is C115H148Cl4O5. The zero-order chi connectivity index (χ0) is 91.9. The molecule has 8 aromatic rings. The topological polar surface area (TPSA) is 101 Å². The Morgan fingerprint density at radius 1 is 0.194 bits per heavy atom. The van der Waals surface area contributed by atoms with Gasteiger partial charge in [0.05, 0.1) is 48.5 Å². The highest BCUT2D eigenvalue weighted by Gasteiger charge is 2.59. The summed E-state index contributed by atoms with van der Waals surface area (Å²) in [5, 5.41) is 50.8. The molecule has 0 bridgehead atoms. The van der Waals surface area contributed by atoms with E-state index in [4.69, 9.17) is 46.4 Å². The normalized spacial score (nSPS) is 29.4. The second-order valence-corrected chi connectivity index (χ2v) is 51.9. The van der Waals surface area contributed by atoms with Gasteiger partial charge in [-0.25, -0.2) is 0 Å². The van der Waals surface area contributed by atoms with Gasteiger partial charge in [0.25, 0.3) is 0 Å². The van der Waals surface area contributed by atoms with Crippen molar-refractivity contribution in [2.24, 2.45) is 0 Å². The smallest absolute Gasteiger partial charge is 0.0914 e. The predicted octanol–water partition coefficient (Wildman–Crippen LogP) is 26.0. The van der Waals surface area contributed by atoms with Crippen LogP contribution in [0.3, 0.4) is 0 Å². The van der Waals surface area contributed by atoms with Gasteiger partial charge in [0.1, 0.15) is 0 Å². The molecule has 5 nitrogen and oxygen atoms in total. The number of fused-ring (bicyclic) bond motifs is 21. The van der Waals surface area contributed by atoms with Crippen molar-refractivity contribution in [1.29, 1.82) is 0 Å². The van der Waals surface area contributed by atoms with Crippen molar-refractivity contribution in [2.45, 2.75) is 425 Å². The van der Waals surface area contributed by atoms with E-state index in [0.29, 0.717) is 51.8 Å². The summed E-state index contributed by atoms with van der Waals surface area (Å²) in [5.74, 6) is 0. The van der Waals surface area contributed by atoms with Crippen LogP contribution in [0.4, 0.5) is 0 Å². The van der Waals surface area contributed by atoms with Crippen molar-refractivity contribution >= 4 is 46.4 Å². The van der Waals surface area contributed by atoms with E-state index in [-0.39, 0.29) is 31.5 Å². The van der Waals surface area contributed by atoms with Gasteiger partial charge in [-0.05, 0) is 513 Å². The van der Waals surface area contributed by atoms with Gasteiger partial charge in [-0.1, -0.05) is 108 Å². The highest BCUT2D eigenvalue weighted by molar-refractivity contribution is 6.29. The Hall–Kier alpha value is -5.28. The lowest BCUT2D eigenvalue weighted by Crippen LogP contribution is -2.52. The Bertz CT molecular complexity index is 5330. The Kier molecular flexibility index (Phi) is 20.9. The molecule has 124 heavy (non-hydrogen) atoms. The van der Waals surface area contributed by atoms with Crippen LogP contribution in [0.2, 0.25) is 0 Å². The molecule has 0 spiro atoms. The average Bonchev–Trinajstić information content (AvgIpc) is 0.659. The molecule has 5 N–H and O–H groups in total. The maximum Gasteiger partial charge on any atom is 0.0914 e. The Balaban J connectivity index is 0.000000105. The highest BCUT2D eigenvalue weighted by atomic mass is 35.5. The monoisotopic (exact) mass is 1750 g/mol. The van der Waals surface area contributed by atoms with Gasteiger partial charge in [-0.3, -0.25) is 0 Å². The lowest BCUT2D eigenvalue weighted by molar-refractivity contribution is -0.0115. The van der Waals surface area contributed by atoms with Crippen molar-refractivity contribution in [2.75, 3.05) is 6.61 Å². The summed E-state index contributed by atoms with van der Waals surface area (Å²) in [6, 6.07) is 6.99. The molecule has 0 aliphatic heterocycles. The minimum Gasteiger partial charge on any atom is -0.395 e. The molecule has 0 heterocycles. The molecule has 0 saturated heterocycles. The highest BCUT2D eigenvalue weighted by Crippen LogP contribution is 2.66. The van der Waals surface area contributed by atoms with E-state index >= 15 is 0 Å². The molecule has 15 aliphatic carbocycles. The molecule has 0 fully saturated rings. The maximum atomic E-state index is 10.3. The van der Waals surface area contributed by atoms with Crippen LogP contribution in [0, 0.1) is 104 Å². The number of aryl methyl sites for hydroxylation is 6. The molecular weight excluding hydrogens is 1600 g/mol. The molecule has 666 valence electrons. The lowest BCUT2D eigenvalue weighted by atomic mass is 9.53. The quantitative estimate of drug-likeness (QED) is 0.105. The predicted molar refractivity (Wildman–Crippen MR) is 522 cm³/mol. The van der Waals surface area contributed by atoms with Crippen LogP contribution in [0.25, 0.3) is 0 Å². The lowest BCUT2D eigenvalue weighted by Gasteiger charge is -2.55. The van der Waals surface area contributed by atoms with E-state index in [0.717, 1.165) is 71.9 Å². The summed E-state index contributed by atoms with van der Waals surface area (Å²) in [6.45, 7) is 80.1. The van der Waals surface area contributed by atoms with E-state index < -0.39 is 22.4 Å². The van der Waals surface area contributed by atoms with E-state index in [1.165, 1.54) is 194 Å². The van der Waals surface area contributed by atoms with Crippen molar-refractivity contribution in [1.82, 2.24) is 0 Å². The molecule has 0 amide bonds. The first-order chi connectivity index (χ1) is 56.4. The third kappa shape index (κ3) is 13.3. The average molecular weight is 1750 g/mol. The number of rotatable bonds is 1. The SMILES string of the molecule is CC1(Cl)Cc2c1c1c(c3c2C(C)(Cl)C3)C(C)(Cl)C1.CC1(O)Cc2c1c1c(c3c2C(C)(O)C3)C(C)(O)C1.Cc1c2c(c(C)c3c1C(C)(C)C3)C(C)(CO)C2.Cc1c2c(c(C)c3c1C(C)(C)C3)C(C)(Cl)C2.Cc1c2c(c(C)c3c1C(C)(C)C3)C(C)(O)C2.Cc1cc(C)c2c(c1C)CC2(C)C.Cc1cc(C)c2c(c1C)CC2(C)C.Cc1cc(C)c2c(c1C)CC2(C)C. The number of alkyl halides is 4. The van der Waals surface area contributed by atoms with Gasteiger partial charge < -0.3 is 25.5 Å². The van der Waals surface area contributed by atoms with Crippen molar-refractivity contribution in [3.63, 3.8) is 0 Å². The minimum atomic E-state index is -0.781. The number of benzene rings is 8. The summed E-state index contributed by atoms with van der Waals surface area (Å²) >= 11 is 26.3. The van der Waals surface area contributed by atoms with Crippen LogP contribution >= 0.6 is 46.4 Å². The van der Waals surface area contributed by atoms with Crippen LogP contribution in [0.1, 0.15) is 396 Å². The molecule has 0 radical (unpaired) electrons. The molecule has 9 unspecified atom stereocenters. The summed E-state index contributed by atoms with van der Waals surface area (Å²) in [4.78, 5) is -0.710. The van der Waals surface area contributed by atoms with E-state index in [1.54, 1.807) is 61.2 Å². The van der Waals surface area contributed by atoms with E-state index in [9.17, 15) is 25.5 Å². The zero-order valence-corrected chi connectivity index (χ0v) is 85.8. The molecule has 8 aromatic carbocycles. The largest absolute Gasteiger partial charge is 0.395 e. The van der Waals surface area contributed by atoms with Gasteiger partial charge in [0, 0.05) is 31.1 Å². The fourth-order valence-electron chi connectivity index (χ4n) is 29.1. The second kappa shape index (κ2) is 28.1. The van der Waals surface area contributed by atoms with Gasteiger partial charge >= 0.3 is 0 Å². The minimum absolute atomic E-state index is 0.0267. The van der Waals surface area contributed by atoms with Crippen LogP contribution in [-0.4, -0.2) is 32.1 Å². The second-order valence-electron chi connectivity index (χ2n) is 48.5. The number of aliphatic hydroxyl groups is 5. The first kappa shape index (κ1) is 92.0. The third-order valence-electron chi connectivity index (χ3n) is 34.6. The summed E-state index contributed by atoms with van der Waals surface area (Å²) < 4.78 is 0. The van der Waals surface area contributed by atoms with Crippen molar-refractivity contribution in [3.8, 4) is 0 Å². The molecule has 9 heteroatoms. The molecule has 0 saturated carbocycles. The summed E-state index contributed by atoms with van der Waals surface area (Å²) in [5.41, 5.74) is 63.7. The van der Waals surface area contributed by atoms with E-state index in [1.807, 2.05) is 27.7 Å². The van der Waals surface area contributed by atoms with Gasteiger partial charge in [0.2, 0.25) is 0 Å². The van der Waals surface area contributed by atoms with E-state index in [2.05, 4.69) is 240 Å². The van der Waals surface area contributed by atoms with Crippen molar-refractivity contribution in [3.05, 3.63) is 269 Å². The van der Waals surface area contributed by atoms with Crippen LogP contribution in [-0.2, 0) is 176 Å². The Morgan fingerprint density at radius 2 is 0.379 bits per heavy atom. The maximum absolute atomic E-state index is 10.3. The first-order valence-corrected chi connectivity index (χ1v) is 48.4. The van der Waals surface area contributed by atoms with Gasteiger partial charge in [-0.15, -0.1) is 46.4 Å². The Labute approximate surface area is 766 Å². The molecule has 0 aromatic heterocycles. The first-order valence-electron chi connectivity index (χ1n) is 46.9. The fourth-order valence-corrected chi connectivity index (χ4v) is 30.5. The van der Waals surface area contributed by atoms with Crippen LogP contribution in [0.5, 0.6) is 0 Å². The summed E-state index contributed by atoms with van der Waals surface area (Å²) in [7, 11) is 0. The summed E-state index contributed by atoms with van der Waals surface area (Å²) in [6.07, 6.45) is 15.0. The molecule has 23 rings (SSSR count). The standard InChI is InChI=1S/C16H22O.C15H15Cl3.C15H19Cl.C15H18O3.C15H20O.3C13H18/c1-9-12-7-16(5,8-17)14(12)10(2)11-6-15(3,4)13(9)11;1-13(16)4-7-10(13)8-5-14(2,17)12(8)9-6-15(3,18)11(7)9;1-8-11-7-15(5,16)13(11)9(2)10-6-14(3,4)12(8)10;1-13(16)4-7-10(13)8-5-14(2,17)12(8)9-6-15(3,18)11(7)9;1-8-11-7-15(5,16)13(11)9(2)10-6-14(3,4)12(8)10;3*1-8-6-9(2)12-11(10(8)3)7-13(12,4)5/h17H,6-8H2,1-5H3;4-6H2,1-3H3;6-7H2,1-5H3;16-18H,4-6H2,1-3H3;16H,6-7H2,1-5H3;3*6H,7H2,1-5H3. The van der Waals surface area contributed by atoms with Crippen LogP contribution in [0.15, 0.2) is 18.2 Å². The molecule has 15 aliphatic rings. The number of hydrogen-bond acceptors (Lipinski definition) is 5. The fraction of sp³-hybridized carbons (Fsp3) is 0.583. The van der Waals surface area contributed by atoms with Gasteiger partial charge in [-0.2, -0.15) is 0 Å². The number of aliphatic hydroxyl groups excluding tert-OH is 1. The third-order valence-corrected chi connectivity index (χ3v) is 35.9. The van der Waals surface area contributed by atoms with Gasteiger partial charge in [0.15, 0.2) is 0 Å². The van der Waals surface area contributed by atoms with Crippen LogP contribution < -0.4 is 0 Å². The number of halogens is 4. The zero-order valence-electron chi connectivity index (χ0n) is 82.8.